The summed E-state index contributed by atoms with van der Waals surface area (Å²) in [5.41, 5.74) is 0.855. The third kappa shape index (κ3) is 5.14. The van der Waals surface area contributed by atoms with Gasteiger partial charge in [-0.25, -0.2) is 0 Å². The van der Waals surface area contributed by atoms with Gasteiger partial charge in [-0.3, -0.25) is 14.4 Å². The van der Waals surface area contributed by atoms with Gasteiger partial charge in [-0.2, -0.15) is 0 Å². The molecule has 1 fully saturated rings. The first-order valence-electron chi connectivity index (χ1n) is 9.50. The number of ether oxygens (including phenoxy) is 1. The highest BCUT2D eigenvalue weighted by Gasteiger charge is 2.30. The SMILES string of the molecule is COc1ccccc1CC(NC(C)=O)C(=O)N1CCN(C(=O)c2cccs2)CC1. The Morgan fingerprint density at radius 3 is 2.38 bits per heavy atom. The molecule has 1 unspecified atom stereocenters. The molecule has 1 aromatic heterocycles. The second-order valence-corrected chi connectivity index (χ2v) is 7.81. The van der Waals surface area contributed by atoms with Crippen LogP contribution in [0.3, 0.4) is 0 Å². The molecule has 0 spiro atoms. The molecule has 1 aliphatic heterocycles. The lowest BCUT2D eigenvalue weighted by molar-refractivity contribution is -0.137. The number of hydrogen-bond donors (Lipinski definition) is 1. The smallest absolute Gasteiger partial charge is 0.264 e. The van der Waals surface area contributed by atoms with Crippen molar-refractivity contribution in [3.05, 3.63) is 52.2 Å². The number of rotatable bonds is 6. The van der Waals surface area contributed by atoms with Crippen LogP contribution in [0, 0.1) is 0 Å². The van der Waals surface area contributed by atoms with Gasteiger partial charge in [0, 0.05) is 39.5 Å². The van der Waals surface area contributed by atoms with Crippen LogP contribution in [0.4, 0.5) is 0 Å². The molecular formula is C21H25N3O4S. The van der Waals surface area contributed by atoms with E-state index in [0.29, 0.717) is 43.2 Å². The predicted octanol–water partition coefficient (Wildman–Crippen LogP) is 1.79. The summed E-state index contributed by atoms with van der Waals surface area (Å²) in [7, 11) is 1.58. The third-order valence-electron chi connectivity index (χ3n) is 4.90. The molecule has 1 atom stereocenters. The molecule has 0 saturated carbocycles. The highest BCUT2D eigenvalue weighted by atomic mass is 32.1. The number of para-hydroxylation sites is 1. The molecule has 0 aliphatic carbocycles. The zero-order valence-electron chi connectivity index (χ0n) is 16.6. The minimum atomic E-state index is -0.677. The zero-order chi connectivity index (χ0) is 20.8. The van der Waals surface area contributed by atoms with Crippen LogP contribution in [0.2, 0.25) is 0 Å². The van der Waals surface area contributed by atoms with Crippen LogP contribution in [0.25, 0.3) is 0 Å². The summed E-state index contributed by atoms with van der Waals surface area (Å²) < 4.78 is 5.37. The van der Waals surface area contributed by atoms with E-state index in [4.69, 9.17) is 4.74 Å². The second-order valence-electron chi connectivity index (χ2n) is 6.86. The Bertz CT molecular complexity index is 861. The van der Waals surface area contributed by atoms with Gasteiger partial charge in [-0.15, -0.1) is 11.3 Å². The number of thiophene rings is 1. The van der Waals surface area contributed by atoms with Crippen LogP contribution < -0.4 is 10.1 Å². The molecule has 1 aliphatic rings. The van der Waals surface area contributed by atoms with Crippen molar-refractivity contribution in [2.45, 2.75) is 19.4 Å². The average Bonchev–Trinajstić information content (AvgIpc) is 3.27. The average molecular weight is 416 g/mol. The van der Waals surface area contributed by atoms with Crippen molar-refractivity contribution < 1.29 is 19.1 Å². The topological polar surface area (TPSA) is 79.0 Å². The number of carbonyl (C=O) groups is 3. The van der Waals surface area contributed by atoms with E-state index in [1.165, 1.54) is 18.3 Å². The number of carbonyl (C=O) groups excluding carboxylic acids is 3. The molecule has 1 aromatic carbocycles. The normalized spacial score (nSPS) is 15.0. The first-order chi connectivity index (χ1) is 14.0. The van der Waals surface area contributed by atoms with Crippen molar-refractivity contribution in [2.75, 3.05) is 33.3 Å². The largest absolute Gasteiger partial charge is 0.496 e. The predicted molar refractivity (Wildman–Crippen MR) is 111 cm³/mol. The first kappa shape index (κ1) is 20.9. The van der Waals surface area contributed by atoms with Gasteiger partial charge in [0.1, 0.15) is 11.8 Å². The second kappa shape index (κ2) is 9.56. The van der Waals surface area contributed by atoms with Crippen LogP contribution in [-0.4, -0.2) is 66.9 Å². The number of amides is 3. The molecule has 154 valence electrons. The van der Waals surface area contributed by atoms with E-state index in [2.05, 4.69) is 5.32 Å². The van der Waals surface area contributed by atoms with Gasteiger partial charge >= 0.3 is 0 Å². The number of benzene rings is 1. The maximum absolute atomic E-state index is 13.1. The van der Waals surface area contributed by atoms with Crippen molar-refractivity contribution in [3.8, 4) is 5.75 Å². The fourth-order valence-electron chi connectivity index (χ4n) is 3.44. The molecule has 29 heavy (non-hydrogen) atoms. The van der Waals surface area contributed by atoms with Crippen molar-refractivity contribution in [2.24, 2.45) is 0 Å². The Morgan fingerprint density at radius 1 is 1.07 bits per heavy atom. The quantitative estimate of drug-likeness (QED) is 0.780. The van der Waals surface area contributed by atoms with E-state index >= 15 is 0 Å². The van der Waals surface area contributed by atoms with Crippen molar-refractivity contribution in [3.63, 3.8) is 0 Å². The van der Waals surface area contributed by atoms with Gasteiger partial charge in [-0.1, -0.05) is 24.3 Å². The van der Waals surface area contributed by atoms with Gasteiger partial charge in [0.2, 0.25) is 11.8 Å². The Kier molecular flexibility index (Phi) is 6.87. The van der Waals surface area contributed by atoms with Gasteiger partial charge in [0.05, 0.1) is 12.0 Å². The number of methoxy groups -OCH3 is 1. The summed E-state index contributed by atoms with van der Waals surface area (Å²) in [5, 5.41) is 4.65. The van der Waals surface area contributed by atoms with Crippen molar-refractivity contribution in [1.82, 2.24) is 15.1 Å². The van der Waals surface area contributed by atoms with Crippen LogP contribution in [0.1, 0.15) is 22.2 Å². The summed E-state index contributed by atoms with van der Waals surface area (Å²) in [6, 6.07) is 10.4. The molecule has 8 heteroatoms. The molecule has 1 saturated heterocycles. The summed E-state index contributed by atoms with van der Waals surface area (Å²) in [6.45, 7) is 3.24. The van der Waals surface area contributed by atoms with E-state index in [-0.39, 0.29) is 17.7 Å². The molecule has 3 amide bonds. The van der Waals surface area contributed by atoms with Crippen molar-refractivity contribution >= 4 is 29.1 Å². The Labute approximate surface area is 174 Å². The maximum atomic E-state index is 13.1. The summed E-state index contributed by atoms with van der Waals surface area (Å²) in [6.07, 6.45) is 0.344. The summed E-state index contributed by atoms with van der Waals surface area (Å²) in [4.78, 5) is 41.5. The van der Waals surface area contributed by atoms with Gasteiger partial charge in [-0.05, 0) is 23.1 Å². The molecule has 0 radical (unpaired) electrons. The maximum Gasteiger partial charge on any atom is 0.264 e. The highest BCUT2D eigenvalue weighted by molar-refractivity contribution is 7.12. The first-order valence-corrected chi connectivity index (χ1v) is 10.4. The minimum Gasteiger partial charge on any atom is -0.496 e. The molecule has 2 aromatic rings. The molecule has 7 nitrogen and oxygen atoms in total. The lowest BCUT2D eigenvalue weighted by Gasteiger charge is -2.36. The van der Waals surface area contributed by atoms with Gasteiger partial charge < -0.3 is 19.9 Å². The van der Waals surface area contributed by atoms with E-state index < -0.39 is 6.04 Å². The molecule has 3 rings (SSSR count). The monoisotopic (exact) mass is 415 g/mol. The lowest BCUT2D eigenvalue weighted by atomic mass is 10.0. The number of nitrogens with one attached hydrogen (secondary N) is 1. The van der Waals surface area contributed by atoms with Crippen LogP contribution in [0.15, 0.2) is 41.8 Å². The van der Waals surface area contributed by atoms with E-state index in [1.54, 1.807) is 16.9 Å². The molecule has 1 N–H and O–H groups in total. The summed E-state index contributed by atoms with van der Waals surface area (Å²) >= 11 is 1.42. The Hall–Kier alpha value is -2.87. The fraction of sp³-hybridized carbons (Fsp3) is 0.381. The minimum absolute atomic E-state index is 0.000433. The molecular weight excluding hydrogens is 390 g/mol. The summed E-state index contributed by atoms with van der Waals surface area (Å²) in [5.74, 6) is 0.278. The number of piperazine rings is 1. The van der Waals surface area contributed by atoms with E-state index in [1.807, 2.05) is 41.8 Å². The van der Waals surface area contributed by atoms with Gasteiger partial charge in [0.15, 0.2) is 0 Å². The van der Waals surface area contributed by atoms with Crippen LogP contribution in [0.5, 0.6) is 5.75 Å². The standard InChI is InChI=1S/C21H25N3O4S/c1-15(25)22-17(14-16-6-3-4-7-18(16)28-2)20(26)23-9-11-24(12-10-23)21(27)19-8-5-13-29-19/h3-8,13,17H,9-12,14H2,1-2H3,(H,22,25). The van der Waals surface area contributed by atoms with E-state index in [0.717, 1.165) is 5.56 Å². The third-order valence-corrected chi connectivity index (χ3v) is 5.76. The number of hydrogen-bond acceptors (Lipinski definition) is 5. The Morgan fingerprint density at radius 2 is 1.76 bits per heavy atom. The molecule has 0 bridgehead atoms. The van der Waals surface area contributed by atoms with Crippen LogP contribution in [-0.2, 0) is 16.0 Å². The molecule has 2 heterocycles. The lowest BCUT2D eigenvalue weighted by Crippen LogP contribution is -2.56. The highest BCUT2D eigenvalue weighted by Crippen LogP contribution is 2.20. The van der Waals surface area contributed by atoms with Crippen molar-refractivity contribution in [1.29, 1.82) is 0 Å². The zero-order valence-corrected chi connectivity index (χ0v) is 17.4. The fourth-order valence-corrected chi connectivity index (χ4v) is 4.13. The van der Waals surface area contributed by atoms with Crippen LogP contribution >= 0.6 is 11.3 Å². The Balaban J connectivity index is 1.65. The van der Waals surface area contributed by atoms with E-state index in [9.17, 15) is 14.4 Å². The number of nitrogens with zero attached hydrogens (tertiary/aromatic N) is 2. The van der Waals surface area contributed by atoms with Gasteiger partial charge in [0.25, 0.3) is 5.91 Å².